The maximum Gasteiger partial charge on any atom is 0.129 e. The Morgan fingerprint density at radius 3 is 2.63 bits per heavy atom. The minimum Gasteiger partial charge on any atom is -0.378 e. The van der Waals surface area contributed by atoms with Crippen molar-refractivity contribution in [3.63, 3.8) is 0 Å². The lowest BCUT2D eigenvalue weighted by atomic mass is 10.0. The van der Waals surface area contributed by atoms with Crippen LogP contribution in [0.1, 0.15) is 0 Å². The van der Waals surface area contributed by atoms with Crippen LogP contribution in [0.25, 0.3) is 33.3 Å². The van der Waals surface area contributed by atoms with E-state index in [2.05, 4.69) is 48.5 Å². The summed E-state index contributed by atoms with van der Waals surface area (Å²) in [5.74, 6) is 0.960. The fraction of sp³-hybridized carbons (Fsp3) is 0.200. The van der Waals surface area contributed by atoms with Crippen molar-refractivity contribution in [1.29, 1.82) is 0 Å². The van der Waals surface area contributed by atoms with Crippen molar-refractivity contribution in [2.24, 2.45) is 0 Å². The van der Waals surface area contributed by atoms with Gasteiger partial charge >= 0.3 is 0 Å². The highest BCUT2D eigenvalue weighted by molar-refractivity contribution is 5.95. The number of nitrogens with zero attached hydrogens (tertiary/aromatic N) is 5. The zero-order chi connectivity index (χ0) is 18.1. The van der Waals surface area contributed by atoms with Gasteiger partial charge in [-0.25, -0.2) is 4.98 Å². The van der Waals surface area contributed by atoms with Crippen molar-refractivity contribution in [3.05, 3.63) is 55.0 Å². The predicted octanol–water partition coefficient (Wildman–Crippen LogP) is 2.92. The standard InChI is InChI=1S/C20H18N6O/c1-2-18-17(11-14(1)16-4-6-22-23-13-16)20(25-24-18)15-3-5-21-19(12-15)26-7-9-27-10-8-26/h1-6,11-13H,7-10H2,(H,24,25). The number of hydrogen-bond donors (Lipinski definition) is 1. The van der Waals surface area contributed by atoms with E-state index in [4.69, 9.17) is 4.74 Å². The Balaban J connectivity index is 1.57. The van der Waals surface area contributed by atoms with Gasteiger partial charge in [0.15, 0.2) is 0 Å². The molecule has 3 aromatic heterocycles. The molecule has 4 aromatic rings. The van der Waals surface area contributed by atoms with Crippen LogP contribution in [0.15, 0.2) is 55.0 Å². The maximum atomic E-state index is 5.44. The van der Waals surface area contributed by atoms with Crippen molar-refractivity contribution < 1.29 is 4.74 Å². The largest absolute Gasteiger partial charge is 0.378 e. The van der Waals surface area contributed by atoms with Crippen LogP contribution < -0.4 is 4.90 Å². The molecule has 1 aliphatic heterocycles. The van der Waals surface area contributed by atoms with Gasteiger partial charge in [0.25, 0.3) is 0 Å². The van der Waals surface area contributed by atoms with Crippen molar-refractivity contribution in [1.82, 2.24) is 25.4 Å². The summed E-state index contributed by atoms with van der Waals surface area (Å²) >= 11 is 0. The van der Waals surface area contributed by atoms with Crippen molar-refractivity contribution >= 4 is 16.7 Å². The lowest BCUT2D eigenvalue weighted by Crippen LogP contribution is -2.36. The first-order valence-electron chi connectivity index (χ1n) is 8.93. The molecule has 7 nitrogen and oxygen atoms in total. The van der Waals surface area contributed by atoms with Gasteiger partial charge < -0.3 is 9.64 Å². The molecule has 0 amide bonds. The topological polar surface area (TPSA) is 79.8 Å². The summed E-state index contributed by atoms with van der Waals surface area (Å²) < 4.78 is 5.44. The Bertz CT molecular complexity index is 1070. The number of fused-ring (bicyclic) bond motifs is 1. The second-order valence-electron chi connectivity index (χ2n) is 6.47. The molecule has 134 valence electrons. The number of pyridine rings is 1. The van der Waals surface area contributed by atoms with E-state index in [1.54, 1.807) is 12.4 Å². The number of anilines is 1. The van der Waals surface area contributed by atoms with E-state index in [0.29, 0.717) is 0 Å². The van der Waals surface area contributed by atoms with Crippen LogP contribution in [0, 0.1) is 0 Å². The van der Waals surface area contributed by atoms with Gasteiger partial charge in [0, 0.05) is 35.8 Å². The summed E-state index contributed by atoms with van der Waals surface area (Å²) in [6.45, 7) is 3.19. The Kier molecular flexibility index (Phi) is 3.99. The molecule has 0 aliphatic carbocycles. The summed E-state index contributed by atoms with van der Waals surface area (Å²) in [6.07, 6.45) is 5.31. The summed E-state index contributed by atoms with van der Waals surface area (Å²) in [6, 6.07) is 12.3. The average molecular weight is 358 g/mol. The number of rotatable bonds is 3. The Labute approximate surface area is 156 Å². The molecule has 0 radical (unpaired) electrons. The summed E-state index contributed by atoms with van der Waals surface area (Å²) in [5.41, 5.74) is 5.08. The van der Waals surface area contributed by atoms with E-state index in [9.17, 15) is 0 Å². The molecule has 0 spiro atoms. The van der Waals surface area contributed by atoms with Crippen LogP contribution in [-0.2, 0) is 4.74 Å². The first kappa shape index (κ1) is 15.9. The Hall–Kier alpha value is -3.32. The summed E-state index contributed by atoms with van der Waals surface area (Å²) in [7, 11) is 0. The van der Waals surface area contributed by atoms with Crippen LogP contribution in [0.4, 0.5) is 5.82 Å². The SMILES string of the molecule is c1cc(-c2ccc3[nH]nc(-c4ccnc(N5CCOCC5)c4)c3c2)cnn1. The third kappa shape index (κ3) is 3.02. The molecule has 1 saturated heterocycles. The number of H-pyrrole nitrogens is 1. The number of ether oxygens (including phenoxy) is 1. The van der Waals surface area contributed by atoms with Gasteiger partial charge in [0.1, 0.15) is 11.5 Å². The first-order valence-corrected chi connectivity index (χ1v) is 8.93. The third-order valence-electron chi connectivity index (χ3n) is 4.83. The number of aromatic nitrogens is 5. The molecule has 1 aliphatic rings. The zero-order valence-electron chi connectivity index (χ0n) is 14.7. The zero-order valence-corrected chi connectivity index (χ0v) is 14.7. The van der Waals surface area contributed by atoms with Crippen LogP contribution in [-0.4, -0.2) is 51.7 Å². The smallest absolute Gasteiger partial charge is 0.129 e. The molecule has 27 heavy (non-hydrogen) atoms. The summed E-state index contributed by atoms with van der Waals surface area (Å²) in [4.78, 5) is 6.78. The Morgan fingerprint density at radius 1 is 0.889 bits per heavy atom. The number of nitrogens with one attached hydrogen (secondary N) is 1. The molecule has 5 rings (SSSR count). The molecule has 0 bridgehead atoms. The molecule has 1 fully saturated rings. The van der Waals surface area contributed by atoms with Gasteiger partial charge in [0.05, 0.1) is 31.1 Å². The molecule has 0 saturated carbocycles. The molecule has 1 aromatic carbocycles. The van der Waals surface area contributed by atoms with Gasteiger partial charge in [-0.1, -0.05) is 6.07 Å². The van der Waals surface area contributed by atoms with E-state index in [1.165, 1.54) is 0 Å². The van der Waals surface area contributed by atoms with Gasteiger partial charge in [-0.05, 0) is 35.9 Å². The van der Waals surface area contributed by atoms with Crippen LogP contribution in [0.3, 0.4) is 0 Å². The van der Waals surface area contributed by atoms with Gasteiger partial charge in [-0.15, -0.1) is 0 Å². The van der Waals surface area contributed by atoms with Crippen molar-refractivity contribution in [2.75, 3.05) is 31.2 Å². The molecule has 0 unspecified atom stereocenters. The molecule has 1 N–H and O–H groups in total. The molecule has 7 heteroatoms. The minimum absolute atomic E-state index is 0.737. The van der Waals surface area contributed by atoms with Crippen molar-refractivity contribution in [2.45, 2.75) is 0 Å². The van der Waals surface area contributed by atoms with E-state index in [0.717, 1.165) is 65.4 Å². The van der Waals surface area contributed by atoms with E-state index >= 15 is 0 Å². The third-order valence-corrected chi connectivity index (χ3v) is 4.83. The fourth-order valence-electron chi connectivity index (χ4n) is 3.41. The van der Waals surface area contributed by atoms with Crippen LogP contribution >= 0.6 is 0 Å². The lowest BCUT2D eigenvalue weighted by Gasteiger charge is -2.27. The highest BCUT2D eigenvalue weighted by atomic mass is 16.5. The van der Waals surface area contributed by atoms with Crippen LogP contribution in [0.2, 0.25) is 0 Å². The average Bonchev–Trinajstić information content (AvgIpc) is 3.18. The molecule has 4 heterocycles. The monoisotopic (exact) mass is 358 g/mol. The van der Waals surface area contributed by atoms with E-state index in [-0.39, 0.29) is 0 Å². The van der Waals surface area contributed by atoms with Crippen molar-refractivity contribution in [3.8, 4) is 22.4 Å². The number of aromatic amines is 1. The normalized spacial score (nSPS) is 14.6. The summed E-state index contributed by atoms with van der Waals surface area (Å²) in [5, 5.41) is 16.6. The number of hydrogen-bond acceptors (Lipinski definition) is 6. The fourth-order valence-corrected chi connectivity index (χ4v) is 3.41. The van der Waals surface area contributed by atoms with Gasteiger partial charge in [0.2, 0.25) is 0 Å². The highest BCUT2D eigenvalue weighted by Gasteiger charge is 2.15. The van der Waals surface area contributed by atoms with E-state index < -0.39 is 0 Å². The first-order chi connectivity index (χ1) is 13.4. The molecule has 0 atom stereocenters. The van der Waals surface area contributed by atoms with E-state index in [1.807, 2.05) is 24.4 Å². The molecular formula is C20H18N6O. The lowest BCUT2D eigenvalue weighted by molar-refractivity contribution is 0.122. The maximum absolute atomic E-state index is 5.44. The van der Waals surface area contributed by atoms with Gasteiger partial charge in [-0.2, -0.15) is 15.3 Å². The molecular weight excluding hydrogens is 340 g/mol. The number of morpholine rings is 1. The Morgan fingerprint density at radius 2 is 1.78 bits per heavy atom. The van der Waals surface area contributed by atoms with Crippen LogP contribution in [0.5, 0.6) is 0 Å². The second-order valence-corrected chi connectivity index (χ2v) is 6.47. The second kappa shape index (κ2) is 6.77. The number of benzene rings is 1. The minimum atomic E-state index is 0.737. The highest BCUT2D eigenvalue weighted by Crippen LogP contribution is 2.31. The quantitative estimate of drug-likeness (QED) is 0.607. The predicted molar refractivity (Wildman–Crippen MR) is 103 cm³/mol. The van der Waals surface area contributed by atoms with Gasteiger partial charge in [-0.3, -0.25) is 5.10 Å².